The summed E-state index contributed by atoms with van der Waals surface area (Å²) < 4.78 is 5.07. The Morgan fingerprint density at radius 2 is 2.38 bits per heavy atom. The number of rotatable bonds is 3. The molecule has 0 atom stereocenters. The summed E-state index contributed by atoms with van der Waals surface area (Å²) in [5.41, 5.74) is 2.30. The predicted octanol–water partition coefficient (Wildman–Crippen LogP) is 2.00. The standard InChI is InChI=1S/C10H9N3O2S/c1-15-9-7(3-2-4-8(9)14)5-11-10-13-12-6-16-10/h2-6,14H,1H3/b11-5+. The number of para-hydroxylation sites is 1. The maximum atomic E-state index is 9.54. The zero-order valence-electron chi connectivity index (χ0n) is 8.49. The third-order valence-corrected chi connectivity index (χ3v) is 2.49. The highest BCUT2D eigenvalue weighted by Crippen LogP contribution is 2.28. The molecule has 1 heterocycles. The zero-order chi connectivity index (χ0) is 11.4. The molecule has 2 aromatic rings. The number of aliphatic imine (C=N–C) groups is 1. The Kier molecular flexibility index (Phi) is 3.11. The van der Waals surface area contributed by atoms with Crippen molar-refractivity contribution in [2.24, 2.45) is 4.99 Å². The lowest BCUT2D eigenvalue weighted by molar-refractivity contribution is 0.373. The quantitative estimate of drug-likeness (QED) is 0.826. The number of methoxy groups -OCH3 is 1. The number of phenols is 1. The lowest BCUT2D eigenvalue weighted by Gasteiger charge is -2.05. The number of phenolic OH excluding ortho intramolecular Hbond substituents is 1. The van der Waals surface area contributed by atoms with Crippen molar-refractivity contribution >= 4 is 22.7 Å². The van der Waals surface area contributed by atoms with Crippen LogP contribution in [-0.4, -0.2) is 28.6 Å². The van der Waals surface area contributed by atoms with E-state index in [4.69, 9.17) is 4.74 Å². The summed E-state index contributed by atoms with van der Waals surface area (Å²) in [6.45, 7) is 0. The highest BCUT2D eigenvalue weighted by molar-refractivity contribution is 7.13. The van der Waals surface area contributed by atoms with E-state index in [0.717, 1.165) is 0 Å². The van der Waals surface area contributed by atoms with E-state index in [1.54, 1.807) is 29.9 Å². The van der Waals surface area contributed by atoms with Gasteiger partial charge in [0.05, 0.1) is 7.11 Å². The second-order valence-electron chi connectivity index (χ2n) is 2.88. The smallest absolute Gasteiger partial charge is 0.231 e. The van der Waals surface area contributed by atoms with Crippen LogP contribution in [-0.2, 0) is 0 Å². The maximum Gasteiger partial charge on any atom is 0.231 e. The molecule has 1 N–H and O–H groups in total. The molecule has 16 heavy (non-hydrogen) atoms. The molecule has 0 bridgehead atoms. The van der Waals surface area contributed by atoms with Crippen LogP contribution >= 0.6 is 11.3 Å². The first-order chi connectivity index (χ1) is 7.81. The molecule has 1 aromatic heterocycles. The molecule has 0 aliphatic heterocycles. The van der Waals surface area contributed by atoms with Gasteiger partial charge in [-0.2, -0.15) is 0 Å². The summed E-state index contributed by atoms with van der Waals surface area (Å²) in [4.78, 5) is 4.12. The van der Waals surface area contributed by atoms with E-state index in [9.17, 15) is 5.11 Å². The molecule has 1 aromatic carbocycles. The first-order valence-corrected chi connectivity index (χ1v) is 5.35. The van der Waals surface area contributed by atoms with Gasteiger partial charge in [0.25, 0.3) is 0 Å². The molecule has 0 radical (unpaired) electrons. The maximum absolute atomic E-state index is 9.54. The molecular formula is C10H9N3O2S. The molecule has 2 rings (SSSR count). The van der Waals surface area contributed by atoms with E-state index >= 15 is 0 Å². The number of benzene rings is 1. The van der Waals surface area contributed by atoms with Crippen LogP contribution < -0.4 is 4.74 Å². The van der Waals surface area contributed by atoms with Crippen molar-refractivity contribution < 1.29 is 9.84 Å². The fourth-order valence-corrected chi connectivity index (χ4v) is 1.61. The normalized spacial score (nSPS) is 10.8. The molecule has 6 heteroatoms. The molecule has 0 aliphatic rings. The fraction of sp³-hybridized carbons (Fsp3) is 0.100. The van der Waals surface area contributed by atoms with E-state index in [-0.39, 0.29) is 5.75 Å². The van der Waals surface area contributed by atoms with E-state index in [2.05, 4.69) is 15.2 Å². The van der Waals surface area contributed by atoms with E-state index < -0.39 is 0 Å². The Balaban J connectivity index is 2.31. The van der Waals surface area contributed by atoms with Crippen molar-refractivity contribution in [2.75, 3.05) is 7.11 Å². The minimum Gasteiger partial charge on any atom is -0.504 e. The average Bonchev–Trinajstić information content (AvgIpc) is 2.79. The van der Waals surface area contributed by atoms with Crippen molar-refractivity contribution in [3.63, 3.8) is 0 Å². The largest absolute Gasteiger partial charge is 0.504 e. The third kappa shape index (κ3) is 2.17. The minimum absolute atomic E-state index is 0.0868. The van der Waals surface area contributed by atoms with Crippen LogP contribution in [0.3, 0.4) is 0 Å². The van der Waals surface area contributed by atoms with Gasteiger partial charge in [-0.25, -0.2) is 4.99 Å². The molecule has 0 amide bonds. The summed E-state index contributed by atoms with van der Waals surface area (Å²) in [5, 5.41) is 17.5. The Bertz CT molecular complexity index is 497. The zero-order valence-corrected chi connectivity index (χ0v) is 9.31. The van der Waals surface area contributed by atoms with Gasteiger partial charge < -0.3 is 9.84 Å². The molecule has 82 valence electrons. The summed E-state index contributed by atoms with van der Waals surface area (Å²) in [7, 11) is 1.50. The topological polar surface area (TPSA) is 67.6 Å². The van der Waals surface area contributed by atoms with Crippen LogP contribution in [0.1, 0.15) is 5.56 Å². The number of ether oxygens (including phenoxy) is 1. The Labute approximate surface area is 96.1 Å². The summed E-state index contributed by atoms with van der Waals surface area (Å²) >= 11 is 1.34. The molecule has 0 spiro atoms. The van der Waals surface area contributed by atoms with Crippen LogP contribution in [0.4, 0.5) is 5.13 Å². The van der Waals surface area contributed by atoms with Gasteiger partial charge in [0.15, 0.2) is 11.5 Å². The van der Waals surface area contributed by atoms with Crippen molar-refractivity contribution in [3.05, 3.63) is 29.3 Å². The van der Waals surface area contributed by atoms with Gasteiger partial charge in [-0.15, -0.1) is 10.2 Å². The minimum atomic E-state index is 0.0868. The summed E-state index contributed by atoms with van der Waals surface area (Å²) in [6, 6.07) is 5.07. The van der Waals surface area contributed by atoms with Gasteiger partial charge >= 0.3 is 0 Å². The summed E-state index contributed by atoms with van der Waals surface area (Å²) in [5.74, 6) is 0.486. The molecular weight excluding hydrogens is 226 g/mol. The molecule has 0 saturated carbocycles. The third-order valence-electron chi connectivity index (χ3n) is 1.89. The van der Waals surface area contributed by atoms with Crippen LogP contribution in [0.5, 0.6) is 11.5 Å². The molecule has 0 fully saturated rings. The van der Waals surface area contributed by atoms with Crippen LogP contribution in [0.25, 0.3) is 0 Å². The molecule has 0 aliphatic carbocycles. The van der Waals surface area contributed by atoms with Gasteiger partial charge in [-0.05, 0) is 12.1 Å². The highest BCUT2D eigenvalue weighted by atomic mass is 32.1. The Hall–Kier alpha value is -1.95. The second-order valence-corrected chi connectivity index (χ2v) is 3.69. The van der Waals surface area contributed by atoms with Crippen molar-refractivity contribution in [1.29, 1.82) is 0 Å². The molecule has 0 unspecified atom stereocenters. The van der Waals surface area contributed by atoms with E-state index in [1.165, 1.54) is 18.4 Å². The molecule has 5 nitrogen and oxygen atoms in total. The second kappa shape index (κ2) is 4.71. The first kappa shape index (κ1) is 10.6. The van der Waals surface area contributed by atoms with Gasteiger partial charge in [-0.3, -0.25) is 0 Å². The molecule has 0 saturated heterocycles. The lowest BCUT2D eigenvalue weighted by atomic mass is 10.2. The van der Waals surface area contributed by atoms with E-state index in [1.807, 2.05) is 0 Å². The summed E-state index contributed by atoms with van der Waals surface area (Å²) in [6.07, 6.45) is 1.58. The SMILES string of the molecule is COc1c(O)cccc1/C=N/c1nncs1. The van der Waals surface area contributed by atoms with Crippen molar-refractivity contribution in [1.82, 2.24) is 10.2 Å². The number of hydrogen-bond acceptors (Lipinski definition) is 6. The van der Waals surface area contributed by atoms with Crippen molar-refractivity contribution in [3.8, 4) is 11.5 Å². The van der Waals surface area contributed by atoms with Gasteiger partial charge in [0.2, 0.25) is 5.13 Å². The van der Waals surface area contributed by atoms with E-state index in [0.29, 0.717) is 16.4 Å². The van der Waals surface area contributed by atoms with Crippen LogP contribution in [0.2, 0.25) is 0 Å². The number of nitrogens with zero attached hydrogens (tertiary/aromatic N) is 3. The van der Waals surface area contributed by atoms with Gasteiger partial charge in [-0.1, -0.05) is 17.4 Å². The predicted molar refractivity (Wildman–Crippen MR) is 61.8 cm³/mol. The fourth-order valence-electron chi connectivity index (χ4n) is 1.21. The lowest BCUT2D eigenvalue weighted by Crippen LogP contribution is -1.90. The van der Waals surface area contributed by atoms with Crippen LogP contribution in [0.15, 0.2) is 28.7 Å². The Morgan fingerprint density at radius 3 is 3.06 bits per heavy atom. The first-order valence-electron chi connectivity index (χ1n) is 4.47. The monoisotopic (exact) mass is 235 g/mol. The average molecular weight is 235 g/mol. The van der Waals surface area contributed by atoms with Gasteiger partial charge in [0.1, 0.15) is 5.51 Å². The number of aromatic hydroxyl groups is 1. The Morgan fingerprint density at radius 1 is 1.50 bits per heavy atom. The number of aromatic nitrogens is 2. The van der Waals surface area contributed by atoms with Crippen molar-refractivity contribution in [2.45, 2.75) is 0 Å². The van der Waals surface area contributed by atoms with Crippen LogP contribution in [0, 0.1) is 0 Å². The highest BCUT2D eigenvalue weighted by Gasteiger charge is 2.05. The number of hydrogen-bond donors (Lipinski definition) is 1. The van der Waals surface area contributed by atoms with Gasteiger partial charge in [0, 0.05) is 11.8 Å².